The predicted octanol–water partition coefficient (Wildman–Crippen LogP) is 6.30. The first-order chi connectivity index (χ1) is 16.5. The van der Waals surface area contributed by atoms with E-state index in [9.17, 15) is 9.59 Å². The summed E-state index contributed by atoms with van der Waals surface area (Å²) in [5, 5.41) is 0. The Balaban J connectivity index is 1.66. The molecule has 0 saturated carbocycles. The number of para-hydroxylation sites is 2. The van der Waals surface area contributed by atoms with E-state index in [1.54, 1.807) is 9.80 Å². The fourth-order valence-electron chi connectivity index (χ4n) is 3.98. The lowest BCUT2D eigenvalue weighted by Gasteiger charge is -2.28. The molecule has 0 spiro atoms. The Kier molecular flexibility index (Phi) is 7.19. The largest absolute Gasteiger partial charge is 0.307 e. The Morgan fingerprint density at radius 1 is 0.529 bits per heavy atom. The summed E-state index contributed by atoms with van der Waals surface area (Å²) in [6, 6.07) is 34.4. The molecule has 0 radical (unpaired) electrons. The van der Waals surface area contributed by atoms with Crippen molar-refractivity contribution in [2.75, 3.05) is 22.9 Å². The van der Waals surface area contributed by atoms with Crippen LogP contribution in [0, 0.1) is 13.8 Å². The van der Waals surface area contributed by atoms with E-state index in [1.165, 1.54) is 0 Å². The van der Waals surface area contributed by atoms with Crippen LogP contribution < -0.4 is 9.80 Å². The fourth-order valence-corrected chi connectivity index (χ4v) is 3.98. The minimum Gasteiger partial charge on any atom is -0.307 e. The van der Waals surface area contributed by atoms with Crippen LogP contribution in [-0.4, -0.2) is 24.9 Å². The van der Waals surface area contributed by atoms with Crippen molar-refractivity contribution in [1.29, 1.82) is 0 Å². The van der Waals surface area contributed by atoms with E-state index in [0.717, 1.165) is 22.5 Å². The van der Waals surface area contributed by atoms with Crippen LogP contribution in [0.5, 0.6) is 0 Å². The molecule has 0 N–H and O–H groups in total. The van der Waals surface area contributed by atoms with E-state index >= 15 is 0 Å². The zero-order chi connectivity index (χ0) is 23.9. The van der Waals surface area contributed by atoms with Crippen LogP contribution in [0.15, 0.2) is 109 Å². The van der Waals surface area contributed by atoms with Gasteiger partial charge < -0.3 is 9.80 Å². The van der Waals surface area contributed by atoms with E-state index < -0.39 is 0 Å². The molecule has 4 rings (SSSR count). The third kappa shape index (κ3) is 5.41. The summed E-state index contributed by atoms with van der Waals surface area (Å²) < 4.78 is 0. The maximum absolute atomic E-state index is 13.6. The number of hydrogen-bond donors (Lipinski definition) is 0. The molecule has 170 valence electrons. The molecule has 4 nitrogen and oxygen atoms in total. The summed E-state index contributed by atoms with van der Waals surface area (Å²) in [6.07, 6.45) is 0. The molecule has 0 aliphatic carbocycles. The van der Waals surface area contributed by atoms with E-state index in [4.69, 9.17) is 0 Å². The maximum Gasteiger partial charge on any atom is 0.258 e. The number of carbonyl (C=O) groups is 2. The second-order valence-electron chi connectivity index (χ2n) is 8.32. The predicted molar refractivity (Wildman–Crippen MR) is 139 cm³/mol. The highest BCUT2D eigenvalue weighted by molar-refractivity contribution is 6.08. The molecular formula is C30H28N2O2. The number of benzene rings is 4. The maximum atomic E-state index is 13.6. The zero-order valence-electron chi connectivity index (χ0n) is 19.5. The van der Waals surface area contributed by atoms with Gasteiger partial charge in [-0.3, -0.25) is 9.59 Å². The lowest BCUT2D eigenvalue weighted by atomic mass is 10.1. The van der Waals surface area contributed by atoms with Gasteiger partial charge in [0, 0.05) is 35.6 Å². The van der Waals surface area contributed by atoms with Crippen molar-refractivity contribution in [3.63, 3.8) is 0 Å². The minimum atomic E-state index is -0.0917. The third-order valence-corrected chi connectivity index (χ3v) is 5.70. The Bertz CT molecular complexity index is 1170. The molecule has 0 aliphatic rings. The summed E-state index contributed by atoms with van der Waals surface area (Å²) in [4.78, 5) is 30.6. The summed E-state index contributed by atoms with van der Waals surface area (Å²) >= 11 is 0. The number of rotatable bonds is 7. The lowest BCUT2D eigenvalue weighted by Crippen LogP contribution is -2.41. The van der Waals surface area contributed by atoms with Gasteiger partial charge in [-0.1, -0.05) is 71.8 Å². The molecule has 2 amide bonds. The molecule has 4 heteroatoms. The third-order valence-electron chi connectivity index (χ3n) is 5.70. The second-order valence-corrected chi connectivity index (χ2v) is 8.32. The number of nitrogens with zero attached hydrogens (tertiary/aromatic N) is 2. The van der Waals surface area contributed by atoms with Crippen LogP contribution in [0.4, 0.5) is 11.4 Å². The first-order valence-electron chi connectivity index (χ1n) is 11.4. The fraction of sp³-hybridized carbons (Fsp3) is 0.133. The SMILES string of the molecule is Cc1cccc(C(=O)N(CCN(C(=O)c2cccc(C)c2)c2ccccc2)c2ccccc2)c1. The summed E-state index contributed by atoms with van der Waals surface area (Å²) in [7, 11) is 0. The highest BCUT2D eigenvalue weighted by Crippen LogP contribution is 2.21. The average Bonchev–Trinajstić information content (AvgIpc) is 2.87. The van der Waals surface area contributed by atoms with E-state index in [2.05, 4.69) is 0 Å². The number of aryl methyl sites for hydroxylation is 2. The van der Waals surface area contributed by atoms with Gasteiger partial charge in [-0.05, 0) is 62.4 Å². The second kappa shape index (κ2) is 10.6. The molecular weight excluding hydrogens is 420 g/mol. The summed E-state index contributed by atoms with van der Waals surface area (Å²) in [6.45, 7) is 4.65. The molecule has 0 saturated heterocycles. The van der Waals surface area contributed by atoms with Crippen molar-refractivity contribution in [2.24, 2.45) is 0 Å². The lowest BCUT2D eigenvalue weighted by molar-refractivity contribution is 0.0968. The first-order valence-corrected chi connectivity index (χ1v) is 11.4. The van der Waals surface area contributed by atoms with Crippen molar-refractivity contribution < 1.29 is 9.59 Å². The smallest absolute Gasteiger partial charge is 0.258 e. The molecule has 0 atom stereocenters. The van der Waals surface area contributed by atoms with Crippen molar-refractivity contribution >= 4 is 23.2 Å². The number of anilines is 2. The van der Waals surface area contributed by atoms with Gasteiger partial charge >= 0.3 is 0 Å². The normalized spacial score (nSPS) is 10.5. The van der Waals surface area contributed by atoms with Crippen molar-refractivity contribution in [1.82, 2.24) is 0 Å². The van der Waals surface area contributed by atoms with Crippen molar-refractivity contribution in [3.05, 3.63) is 131 Å². The molecule has 34 heavy (non-hydrogen) atoms. The average molecular weight is 449 g/mol. The van der Waals surface area contributed by atoms with Gasteiger partial charge in [0.2, 0.25) is 0 Å². The number of hydrogen-bond acceptors (Lipinski definition) is 2. The van der Waals surface area contributed by atoms with Crippen molar-refractivity contribution in [3.8, 4) is 0 Å². The van der Waals surface area contributed by atoms with Gasteiger partial charge in [0.15, 0.2) is 0 Å². The standard InChI is InChI=1S/C30H28N2O2/c1-23-11-9-13-25(21-23)29(33)31(27-15-5-3-6-16-27)19-20-32(28-17-7-4-8-18-28)30(34)26-14-10-12-24(2)22-26/h3-18,21-22H,19-20H2,1-2H3. The van der Waals surface area contributed by atoms with Crippen LogP contribution in [0.1, 0.15) is 31.8 Å². The molecule has 4 aromatic rings. The first kappa shape index (κ1) is 23.0. The highest BCUT2D eigenvalue weighted by atomic mass is 16.2. The molecule has 0 unspecified atom stereocenters. The Labute approximate surface area is 201 Å². The minimum absolute atomic E-state index is 0.0917. The van der Waals surface area contributed by atoms with Crippen LogP contribution in [-0.2, 0) is 0 Å². The van der Waals surface area contributed by atoms with Crippen LogP contribution in [0.25, 0.3) is 0 Å². The number of carbonyl (C=O) groups excluding carboxylic acids is 2. The topological polar surface area (TPSA) is 40.6 Å². The molecule has 0 heterocycles. The molecule has 0 aliphatic heterocycles. The molecule has 4 aromatic carbocycles. The van der Waals surface area contributed by atoms with Gasteiger partial charge in [-0.2, -0.15) is 0 Å². The van der Waals surface area contributed by atoms with Crippen LogP contribution in [0.3, 0.4) is 0 Å². The quantitative estimate of drug-likeness (QED) is 0.333. The van der Waals surface area contributed by atoms with Gasteiger partial charge in [0.1, 0.15) is 0 Å². The van der Waals surface area contributed by atoms with E-state index in [0.29, 0.717) is 24.2 Å². The molecule has 0 fully saturated rings. The Hall–Kier alpha value is -4.18. The van der Waals surface area contributed by atoms with Gasteiger partial charge in [-0.25, -0.2) is 0 Å². The molecule has 0 bridgehead atoms. The van der Waals surface area contributed by atoms with Crippen molar-refractivity contribution in [2.45, 2.75) is 13.8 Å². The van der Waals surface area contributed by atoms with Gasteiger partial charge in [-0.15, -0.1) is 0 Å². The van der Waals surface area contributed by atoms with Crippen LogP contribution >= 0.6 is 0 Å². The van der Waals surface area contributed by atoms with Crippen LogP contribution in [0.2, 0.25) is 0 Å². The highest BCUT2D eigenvalue weighted by Gasteiger charge is 2.22. The number of amides is 2. The Morgan fingerprint density at radius 2 is 0.912 bits per heavy atom. The Morgan fingerprint density at radius 3 is 1.26 bits per heavy atom. The van der Waals surface area contributed by atoms with Gasteiger partial charge in [0.25, 0.3) is 11.8 Å². The van der Waals surface area contributed by atoms with E-state index in [-0.39, 0.29) is 11.8 Å². The molecule has 0 aromatic heterocycles. The van der Waals surface area contributed by atoms with Gasteiger partial charge in [0.05, 0.1) is 0 Å². The monoisotopic (exact) mass is 448 g/mol. The van der Waals surface area contributed by atoms with E-state index in [1.807, 2.05) is 123 Å². The summed E-state index contributed by atoms with van der Waals surface area (Å²) in [5.41, 5.74) is 4.90. The zero-order valence-corrected chi connectivity index (χ0v) is 19.5. The summed E-state index contributed by atoms with van der Waals surface area (Å²) in [5.74, 6) is -0.183.